The lowest BCUT2D eigenvalue weighted by Gasteiger charge is -2.26. The average molecular weight is 529 g/mol. The lowest BCUT2D eigenvalue weighted by Crippen LogP contribution is -2.50. The topological polar surface area (TPSA) is 68.0 Å². The molecule has 1 N–H and O–H groups in total. The van der Waals surface area contributed by atoms with Gasteiger partial charge in [-0.15, -0.1) is 5.10 Å². The van der Waals surface area contributed by atoms with E-state index in [0.717, 1.165) is 23.9 Å². The average Bonchev–Trinajstić information content (AvgIpc) is 3.29. The molecule has 198 valence electrons. The van der Waals surface area contributed by atoms with Gasteiger partial charge in [-0.1, -0.05) is 61.7 Å². The van der Waals surface area contributed by atoms with Crippen molar-refractivity contribution in [2.24, 2.45) is 0 Å². The third-order valence-corrected chi connectivity index (χ3v) is 6.44. The molecule has 0 unspecified atom stereocenters. The molecular formula is C25H22F7N3O2. The Kier molecular flexibility index (Phi) is 7.04. The number of halogens is 7. The maximum absolute atomic E-state index is 14.4. The number of nitrogens with zero attached hydrogens (tertiary/aromatic N) is 3. The van der Waals surface area contributed by atoms with Gasteiger partial charge in [0.15, 0.2) is 0 Å². The summed E-state index contributed by atoms with van der Waals surface area (Å²) < 4.78 is 95.5. The lowest BCUT2D eigenvalue weighted by atomic mass is 9.95. The van der Waals surface area contributed by atoms with Crippen LogP contribution in [0.4, 0.5) is 30.7 Å². The molecular weight excluding hydrogens is 507 g/mol. The molecule has 1 aliphatic rings. The van der Waals surface area contributed by atoms with Crippen molar-refractivity contribution >= 4 is 5.97 Å². The highest BCUT2D eigenvalue weighted by Gasteiger charge is 2.75. The number of benzene rings is 2. The lowest BCUT2D eigenvalue weighted by molar-refractivity contribution is -0.361. The number of alkyl halides is 7. The molecule has 0 radical (unpaired) electrons. The second kappa shape index (κ2) is 9.79. The molecule has 1 fully saturated rings. The van der Waals surface area contributed by atoms with Crippen LogP contribution in [0, 0.1) is 0 Å². The zero-order valence-electron chi connectivity index (χ0n) is 19.3. The molecule has 1 aliphatic carbocycles. The van der Waals surface area contributed by atoms with Crippen LogP contribution in [0.1, 0.15) is 65.7 Å². The quantitative estimate of drug-likeness (QED) is 0.334. The zero-order chi connectivity index (χ0) is 27.0. The smallest absolute Gasteiger partial charge is 0.460 e. The molecule has 2 aromatic carbocycles. The van der Waals surface area contributed by atoms with E-state index in [-0.39, 0.29) is 17.8 Å². The van der Waals surface area contributed by atoms with Crippen LogP contribution in [-0.4, -0.2) is 37.9 Å². The van der Waals surface area contributed by atoms with Crippen molar-refractivity contribution in [1.29, 1.82) is 0 Å². The highest BCUT2D eigenvalue weighted by molar-refractivity contribution is 5.95. The molecule has 0 atom stereocenters. The van der Waals surface area contributed by atoms with E-state index in [9.17, 15) is 40.6 Å². The fraction of sp³-hybridized carbons (Fsp3) is 0.400. The van der Waals surface area contributed by atoms with E-state index in [1.54, 1.807) is 42.5 Å². The molecule has 0 aliphatic heterocycles. The normalized spacial score (nSPS) is 15.6. The largest absolute Gasteiger partial charge is 0.478 e. The van der Waals surface area contributed by atoms with Crippen molar-refractivity contribution in [2.45, 2.75) is 62.6 Å². The molecule has 1 aromatic heterocycles. The van der Waals surface area contributed by atoms with E-state index in [1.165, 1.54) is 6.07 Å². The van der Waals surface area contributed by atoms with Gasteiger partial charge in [0.25, 0.3) is 0 Å². The van der Waals surface area contributed by atoms with Crippen molar-refractivity contribution < 1.29 is 40.6 Å². The summed E-state index contributed by atoms with van der Waals surface area (Å²) in [5.41, 5.74) is 1.58. The van der Waals surface area contributed by atoms with Crippen LogP contribution < -0.4 is 0 Å². The van der Waals surface area contributed by atoms with Gasteiger partial charge in [-0.05, 0) is 35.6 Å². The van der Waals surface area contributed by atoms with Gasteiger partial charge in [0.05, 0.1) is 11.6 Å². The molecule has 1 saturated carbocycles. The van der Waals surface area contributed by atoms with E-state index in [4.69, 9.17) is 0 Å². The fourth-order valence-electron chi connectivity index (χ4n) is 4.45. The monoisotopic (exact) mass is 529 g/mol. The number of hydrogen-bond acceptors (Lipinski definition) is 3. The second-order valence-electron chi connectivity index (χ2n) is 8.96. The molecule has 0 amide bonds. The minimum Gasteiger partial charge on any atom is -0.478 e. The molecule has 0 saturated heterocycles. The third-order valence-electron chi connectivity index (χ3n) is 6.44. The Hall–Kier alpha value is -3.44. The first-order valence-electron chi connectivity index (χ1n) is 11.5. The Morgan fingerprint density at radius 1 is 0.919 bits per heavy atom. The predicted octanol–water partition coefficient (Wildman–Crippen LogP) is 7.03. The van der Waals surface area contributed by atoms with Gasteiger partial charge in [0, 0.05) is 6.42 Å². The van der Waals surface area contributed by atoms with Gasteiger partial charge in [-0.3, -0.25) is 0 Å². The second-order valence-corrected chi connectivity index (χ2v) is 8.96. The first-order valence-corrected chi connectivity index (χ1v) is 11.5. The van der Waals surface area contributed by atoms with Gasteiger partial charge in [0.1, 0.15) is 5.82 Å². The van der Waals surface area contributed by atoms with E-state index in [0.29, 0.717) is 29.5 Å². The fourth-order valence-corrected chi connectivity index (χ4v) is 4.45. The van der Waals surface area contributed by atoms with Gasteiger partial charge in [0.2, 0.25) is 5.82 Å². The molecule has 37 heavy (non-hydrogen) atoms. The van der Waals surface area contributed by atoms with Crippen LogP contribution in [0.15, 0.2) is 48.5 Å². The Labute approximate surface area is 206 Å². The maximum Gasteiger partial charge on any atom is 0.460 e. The SMILES string of the molecule is O=C(O)c1ccccc1-c1ccc(Cc2nc(C(F)(F)C(F)(F)C(F)(F)F)nn2C2CCCCC2)cc1. The van der Waals surface area contributed by atoms with Crippen LogP contribution in [0.3, 0.4) is 0 Å². The summed E-state index contributed by atoms with van der Waals surface area (Å²) in [5, 5.41) is 12.9. The number of carboxylic acid groups (broad SMARTS) is 1. The minimum atomic E-state index is -6.49. The first-order chi connectivity index (χ1) is 17.3. The number of hydrogen-bond donors (Lipinski definition) is 1. The van der Waals surface area contributed by atoms with Crippen molar-refractivity contribution in [3.05, 3.63) is 71.3 Å². The molecule has 4 rings (SSSR count). The number of aromatic carboxylic acids is 1. The summed E-state index contributed by atoms with van der Waals surface area (Å²) in [7, 11) is 0. The van der Waals surface area contributed by atoms with Gasteiger partial charge >= 0.3 is 24.0 Å². The summed E-state index contributed by atoms with van der Waals surface area (Å²) >= 11 is 0. The summed E-state index contributed by atoms with van der Waals surface area (Å²) in [6, 6.07) is 12.2. The number of carboxylic acids is 1. The Morgan fingerprint density at radius 3 is 2.14 bits per heavy atom. The highest BCUT2D eigenvalue weighted by Crippen LogP contribution is 2.51. The van der Waals surface area contributed by atoms with Crippen molar-refractivity contribution in [3.63, 3.8) is 0 Å². The van der Waals surface area contributed by atoms with E-state index < -0.39 is 35.9 Å². The van der Waals surface area contributed by atoms with Crippen LogP contribution in [-0.2, 0) is 12.3 Å². The van der Waals surface area contributed by atoms with E-state index in [2.05, 4.69) is 10.1 Å². The highest BCUT2D eigenvalue weighted by atomic mass is 19.4. The van der Waals surface area contributed by atoms with Crippen LogP contribution in [0.2, 0.25) is 0 Å². The van der Waals surface area contributed by atoms with Gasteiger partial charge in [-0.2, -0.15) is 30.7 Å². The summed E-state index contributed by atoms with van der Waals surface area (Å²) in [5.74, 6) is -15.2. The number of rotatable bonds is 7. The standard InChI is InChI=1S/C25H22F7N3O2/c26-23(27,24(28,29)25(30,31)32)22-33-20(35(34-22)17-6-2-1-3-7-17)14-15-10-12-16(13-11-15)18-8-4-5-9-19(18)21(36)37/h4-5,8-13,17H,1-3,6-7,14H2,(H,36,37). The molecule has 5 nitrogen and oxygen atoms in total. The summed E-state index contributed by atoms with van der Waals surface area (Å²) in [4.78, 5) is 15.0. The van der Waals surface area contributed by atoms with Crippen molar-refractivity contribution in [2.75, 3.05) is 0 Å². The summed E-state index contributed by atoms with van der Waals surface area (Å²) in [6.07, 6.45) is -3.30. The third kappa shape index (κ3) is 5.05. The Bertz CT molecular complexity index is 1260. The maximum atomic E-state index is 14.4. The van der Waals surface area contributed by atoms with E-state index >= 15 is 0 Å². The van der Waals surface area contributed by atoms with Gasteiger partial charge < -0.3 is 5.11 Å². The number of carbonyl (C=O) groups is 1. The molecule has 3 aromatic rings. The van der Waals surface area contributed by atoms with Crippen molar-refractivity contribution in [3.8, 4) is 11.1 Å². The van der Waals surface area contributed by atoms with Crippen molar-refractivity contribution in [1.82, 2.24) is 14.8 Å². The minimum absolute atomic E-state index is 0.0738. The summed E-state index contributed by atoms with van der Waals surface area (Å²) in [6.45, 7) is 0. The molecule has 0 spiro atoms. The number of aromatic nitrogens is 3. The Morgan fingerprint density at radius 2 is 1.54 bits per heavy atom. The van der Waals surface area contributed by atoms with Crippen LogP contribution >= 0.6 is 0 Å². The van der Waals surface area contributed by atoms with E-state index in [1.807, 2.05) is 0 Å². The van der Waals surface area contributed by atoms with Gasteiger partial charge in [-0.25, -0.2) is 14.5 Å². The van der Waals surface area contributed by atoms with Crippen LogP contribution in [0.25, 0.3) is 11.1 Å². The zero-order valence-corrected chi connectivity index (χ0v) is 19.3. The van der Waals surface area contributed by atoms with Crippen LogP contribution in [0.5, 0.6) is 0 Å². The molecule has 1 heterocycles. The molecule has 0 bridgehead atoms. The predicted molar refractivity (Wildman–Crippen MR) is 119 cm³/mol. The first kappa shape index (κ1) is 26.6. The molecule has 12 heteroatoms. The Balaban J connectivity index is 1.69.